The van der Waals surface area contributed by atoms with E-state index < -0.39 is 6.10 Å². The SMILES string of the molecule is Cc1ccc(OC(C)C(=O)NCc2sc(-c3ccccc3)nc2C)cc1C. The highest BCUT2D eigenvalue weighted by molar-refractivity contribution is 7.15. The zero-order chi connectivity index (χ0) is 19.4. The van der Waals surface area contributed by atoms with Gasteiger partial charge in [0.2, 0.25) is 0 Å². The summed E-state index contributed by atoms with van der Waals surface area (Å²) < 4.78 is 5.78. The van der Waals surface area contributed by atoms with Gasteiger partial charge < -0.3 is 10.1 Å². The van der Waals surface area contributed by atoms with Gasteiger partial charge in [0.15, 0.2) is 6.10 Å². The van der Waals surface area contributed by atoms with Gasteiger partial charge in [0.05, 0.1) is 12.2 Å². The summed E-state index contributed by atoms with van der Waals surface area (Å²) in [6.07, 6.45) is -0.561. The first-order valence-electron chi connectivity index (χ1n) is 8.97. The maximum atomic E-state index is 12.4. The Morgan fingerprint density at radius 3 is 2.56 bits per heavy atom. The van der Waals surface area contributed by atoms with E-state index in [1.165, 1.54) is 5.56 Å². The van der Waals surface area contributed by atoms with Crippen molar-refractivity contribution in [2.24, 2.45) is 0 Å². The van der Waals surface area contributed by atoms with Gasteiger partial charge in [-0.05, 0) is 51.0 Å². The Kier molecular flexibility index (Phi) is 5.91. The van der Waals surface area contributed by atoms with Crippen molar-refractivity contribution >= 4 is 17.2 Å². The van der Waals surface area contributed by atoms with Gasteiger partial charge in [0, 0.05) is 10.4 Å². The molecule has 0 radical (unpaired) electrons. The summed E-state index contributed by atoms with van der Waals surface area (Å²) in [6, 6.07) is 15.9. The van der Waals surface area contributed by atoms with E-state index in [4.69, 9.17) is 4.74 Å². The number of carbonyl (C=O) groups is 1. The summed E-state index contributed by atoms with van der Waals surface area (Å²) in [4.78, 5) is 18.1. The largest absolute Gasteiger partial charge is 0.481 e. The summed E-state index contributed by atoms with van der Waals surface area (Å²) in [5.41, 5.74) is 4.39. The highest BCUT2D eigenvalue weighted by Gasteiger charge is 2.16. The number of hydrogen-bond donors (Lipinski definition) is 1. The molecule has 3 rings (SSSR count). The van der Waals surface area contributed by atoms with E-state index in [0.29, 0.717) is 12.3 Å². The van der Waals surface area contributed by atoms with Crippen LogP contribution in [0.5, 0.6) is 5.75 Å². The predicted molar refractivity (Wildman–Crippen MR) is 110 cm³/mol. The molecule has 0 aliphatic rings. The van der Waals surface area contributed by atoms with Crippen LogP contribution in [0.15, 0.2) is 48.5 Å². The molecule has 0 fully saturated rings. The Morgan fingerprint density at radius 1 is 1.11 bits per heavy atom. The van der Waals surface area contributed by atoms with Crippen LogP contribution in [0.3, 0.4) is 0 Å². The molecular weight excluding hydrogens is 356 g/mol. The number of thiazole rings is 1. The van der Waals surface area contributed by atoms with Gasteiger partial charge in [-0.1, -0.05) is 36.4 Å². The molecule has 2 aromatic carbocycles. The molecule has 1 atom stereocenters. The summed E-state index contributed by atoms with van der Waals surface area (Å²) in [7, 11) is 0. The number of ether oxygens (including phenoxy) is 1. The number of amides is 1. The maximum Gasteiger partial charge on any atom is 0.261 e. The minimum Gasteiger partial charge on any atom is -0.481 e. The third-order valence-electron chi connectivity index (χ3n) is 4.50. The van der Waals surface area contributed by atoms with Crippen molar-refractivity contribution in [3.63, 3.8) is 0 Å². The van der Waals surface area contributed by atoms with Crippen molar-refractivity contribution in [3.05, 3.63) is 70.2 Å². The van der Waals surface area contributed by atoms with E-state index in [0.717, 1.165) is 26.7 Å². The molecule has 0 spiro atoms. The summed E-state index contributed by atoms with van der Waals surface area (Å²) in [5.74, 6) is 0.573. The Labute approximate surface area is 164 Å². The lowest BCUT2D eigenvalue weighted by atomic mass is 10.1. The lowest BCUT2D eigenvalue weighted by molar-refractivity contribution is -0.127. The van der Waals surface area contributed by atoms with Gasteiger partial charge >= 0.3 is 0 Å². The molecule has 0 bridgehead atoms. The summed E-state index contributed by atoms with van der Waals surface area (Å²) in [5, 5.41) is 3.93. The van der Waals surface area contributed by atoms with Gasteiger partial charge in [0.25, 0.3) is 5.91 Å². The smallest absolute Gasteiger partial charge is 0.261 e. The normalized spacial score (nSPS) is 11.9. The van der Waals surface area contributed by atoms with E-state index in [9.17, 15) is 4.79 Å². The lowest BCUT2D eigenvalue weighted by Gasteiger charge is -2.15. The highest BCUT2D eigenvalue weighted by Crippen LogP contribution is 2.27. The first-order chi connectivity index (χ1) is 12.9. The molecule has 0 saturated carbocycles. The molecule has 1 unspecified atom stereocenters. The number of nitrogens with zero attached hydrogens (tertiary/aromatic N) is 1. The van der Waals surface area contributed by atoms with Gasteiger partial charge in [-0.2, -0.15) is 0 Å². The molecule has 5 heteroatoms. The second-order valence-electron chi connectivity index (χ2n) is 6.62. The Morgan fingerprint density at radius 2 is 1.85 bits per heavy atom. The van der Waals surface area contributed by atoms with E-state index in [1.807, 2.05) is 62.4 Å². The van der Waals surface area contributed by atoms with Crippen molar-refractivity contribution in [3.8, 4) is 16.3 Å². The van der Waals surface area contributed by atoms with Crippen molar-refractivity contribution in [1.82, 2.24) is 10.3 Å². The second-order valence-corrected chi connectivity index (χ2v) is 7.70. The standard InChI is InChI=1S/C22H24N2O2S/c1-14-10-11-19(12-15(14)2)26-17(4)21(25)23-13-20-16(3)24-22(27-20)18-8-6-5-7-9-18/h5-12,17H,13H2,1-4H3,(H,23,25). The average Bonchev–Trinajstić information content (AvgIpc) is 3.04. The first-order valence-corrected chi connectivity index (χ1v) is 9.79. The highest BCUT2D eigenvalue weighted by atomic mass is 32.1. The van der Waals surface area contributed by atoms with Crippen LogP contribution in [0.25, 0.3) is 10.6 Å². The van der Waals surface area contributed by atoms with Crippen molar-refractivity contribution < 1.29 is 9.53 Å². The molecule has 1 heterocycles. The fourth-order valence-corrected chi connectivity index (χ4v) is 3.66. The van der Waals surface area contributed by atoms with Crippen LogP contribution in [-0.4, -0.2) is 17.0 Å². The molecule has 1 aromatic heterocycles. The fraction of sp³-hybridized carbons (Fsp3) is 0.273. The molecule has 0 saturated heterocycles. The molecule has 1 N–H and O–H groups in total. The molecule has 140 valence electrons. The zero-order valence-electron chi connectivity index (χ0n) is 16.1. The second kappa shape index (κ2) is 8.35. The third-order valence-corrected chi connectivity index (χ3v) is 5.70. The van der Waals surface area contributed by atoms with Crippen LogP contribution in [0.2, 0.25) is 0 Å². The van der Waals surface area contributed by atoms with Crippen LogP contribution in [-0.2, 0) is 11.3 Å². The molecule has 3 aromatic rings. The fourth-order valence-electron chi connectivity index (χ4n) is 2.65. The average molecular weight is 381 g/mol. The third kappa shape index (κ3) is 4.74. The van der Waals surface area contributed by atoms with Crippen LogP contribution >= 0.6 is 11.3 Å². The molecule has 1 amide bonds. The topological polar surface area (TPSA) is 51.2 Å². The minimum atomic E-state index is -0.561. The zero-order valence-corrected chi connectivity index (χ0v) is 16.9. The Balaban J connectivity index is 1.60. The predicted octanol–water partition coefficient (Wildman–Crippen LogP) is 4.82. The van der Waals surface area contributed by atoms with Gasteiger partial charge in [-0.3, -0.25) is 4.79 Å². The summed E-state index contributed by atoms with van der Waals surface area (Å²) in [6.45, 7) is 8.27. The number of nitrogens with one attached hydrogen (secondary N) is 1. The Bertz CT molecular complexity index is 935. The monoisotopic (exact) mass is 380 g/mol. The molecule has 27 heavy (non-hydrogen) atoms. The maximum absolute atomic E-state index is 12.4. The van der Waals surface area contributed by atoms with Crippen LogP contribution < -0.4 is 10.1 Å². The van der Waals surface area contributed by atoms with Crippen LogP contribution in [0.1, 0.15) is 28.6 Å². The van der Waals surface area contributed by atoms with Crippen LogP contribution in [0.4, 0.5) is 0 Å². The number of aromatic nitrogens is 1. The van der Waals surface area contributed by atoms with Gasteiger partial charge in [0.1, 0.15) is 10.8 Å². The van der Waals surface area contributed by atoms with Gasteiger partial charge in [-0.15, -0.1) is 11.3 Å². The van der Waals surface area contributed by atoms with Crippen molar-refractivity contribution in [1.29, 1.82) is 0 Å². The molecule has 0 aliphatic carbocycles. The Hall–Kier alpha value is -2.66. The summed E-state index contributed by atoms with van der Waals surface area (Å²) >= 11 is 1.61. The van der Waals surface area contributed by atoms with Crippen LogP contribution in [0, 0.1) is 20.8 Å². The molecular formula is C22H24N2O2S. The van der Waals surface area contributed by atoms with Crippen molar-refractivity contribution in [2.75, 3.05) is 0 Å². The molecule has 4 nitrogen and oxygen atoms in total. The van der Waals surface area contributed by atoms with Gasteiger partial charge in [-0.25, -0.2) is 4.98 Å². The minimum absolute atomic E-state index is 0.137. The number of aryl methyl sites for hydroxylation is 3. The van der Waals surface area contributed by atoms with E-state index in [-0.39, 0.29) is 5.91 Å². The van der Waals surface area contributed by atoms with E-state index in [1.54, 1.807) is 18.3 Å². The van der Waals surface area contributed by atoms with E-state index >= 15 is 0 Å². The van der Waals surface area contributed by atoms with Crippen molar-refractivity contribution in [2.45, 2.75) is 40.3 Å². The number of carbonyl (C=O) groups excluding carboxylic acids is 1. The van der Waals surface area contributed by atoms with E-state index in [2.05, 4.69) is 17.2 Å². The quantitative estimate of drug-likeness (QED) is 0.667. The lowest BCUT2D eigenvalue weighted by Crippen LogP contribution is -2.35. The number of benzene rings is 2. The molecule has 0 aliphatic heterocycles. The number of hydrogen-bond acceptors (Lipinski definition) is 4. The number of rotatable bonds is 6. The first kappa shape index (κ1) is 19.1.